The second-order valence-corrected chi connectivity index (χ2v) is 10.9. The Morgan fingerprint density at radius 3 is 2.09 bits per heavy atom. The van der Waals surface area contributed by atoms with Crippen LogP contribution in [0.15, 0.2) is 78.9 Å². The first kappa shape index (κ1) is 32.0. The third-order valence-corrected chi connectivity index (χ3v) is 7.12. The predicted molar refractivity (Wildman–Crippen MR) is 171 cm³/mol. The molecule has 1 aliphatic rings. The summed E-state index contributed by atoms with van der Waals surface area (Å²) in [5.74, 6) is -0.733. The monoisotopic (exact) mass is 597 g/mol. The van der Waals surface area contributed by atoms with Crippen molar-refractivity contribution in [3.8, 4) is 0 Å². The van der Waals surface area contributed by atoms with Crippen molar-refractivity contribution in [2.75, 3.05) is 30.3 Å². The summed E-state index contributed by atoms with van der Waals surface area (Å²) in [5.41, 5.74) is 9.80. The van der Waals surface area contributed by atoms with Gasteiger partial charge in [0, 0.05) is 37.4 Å². The molecule has 4 rings (SSSR count). The van der Waals surface area contributed by atoms with Crippen LogP contribution in [-0.4, -0.2) is 65.3 Å². The lowest BCUT2D eigenvalue weighted by Gasteiger charge is -2.23. The summed E-state index contributed by atoms with van der Waals surface area (Å²) in [7, 11) is 0. The van der Waals surface area contributed by atoms with E-state index in [9.17, 15) is 19.2 Å². The molecule has 44 heavy (non-hydrogen) atoms. The number of benzene rings is 3. The number of carbonyl (C=O) groups excluding carboxylic acids is 4. The van der Waals surface area contributed by atoms with Crippen molar-refractivity contribution in [2.24, 2.45) is 5.73 Å². The average Bonchev–Trinajstić information content (AvgIpc) is 3.51. The quantitative estimate of drug-likeness (QED) is 0.274. The Morgan fingerprint density at radius 1 is 0.932 bits per heavy atom. The molecule has 1 heterocycles. The summed E-state index contributed by atoms with van der Waals surface area (Å²) in [6.07, 6.45) is 4.72. The molecule has 2 atom stereocenters. The lowest BCUT2D eigenvalue weighted by molar-refractivity contribution is -0.132. The molecule has 0 saturated carbocycles. The largest absolute Gasteiger partial charge is 0.445 e. The van der Waals surface area contributed by atoms with Crippen LogP contribution in [0.3, 0.4) is 0 Å². The fourth-order valence-corrected chi connectivity index (χ4v) is 4.86. The van der Waals surface area contributed by atoms with Gasteiger partial charge in [0.25, 0.3) is 0 Å². The summed E-state index contributed by atoms with van der Waals surface area (Å²) < 4.78 is 5.44. The van der Waals surface area contributed by atoms with Crippen molar-refractivity contribution >= 4 is 47.3 Å². The maximum Gasteiger partial charge on any atom is 0.410 e. The van der Waals surface area contributed by atoms with Gasteiger partial charge < -0.3 is 26.0 Å². The molecule has 230 valence electrons. The molecule has 3 aromatic carbocycles. The first-order valence-corrected chi connectivity index (χ1v) is 14.7. The highest BCUT2D eigenvalue weighted by Gasteiger charge is 2.35. The third-order valence-electron chi connectivity index (χ3n) is 7.12. The molecule has 0 bridgehead atoms. The van der Waals surface area contributed by atoms with Gasteiger partial charge in [0.2, 0.25) is 17.7 Å². The zero-order valence-corrected chi connectivity index (χ0v) is 25.1. The molecule has 4 amide bonds. The minimum atomic E-state index is -0.576. The lowest BCUT2D eigenvalue weighted by atomic mass is 10.1. The second kappa shape index (κ2) is 15.5. The zero-order chi connectivity index (χ0) is 31.5. The molecule has 10 nitrogen and oxygen atoms in total. The van der Waals surface area contributed by atoms with Crippen molar-refractivity contribution in [1.82, 2.24) is 9.80 Å². The molecule has 1 fully saturated rings. The molecule has 0 aliphatic carbocycles. The van der Waals surface area contributed by atoms with Crippen LogP contribution in [0, 0.1) is 0 Å². The van der Waals surface area contributed by atoms with Crippen LogP contribution >= 0.6 is 0 Å². The number of amides is 4. The third kappa shape index (κ3) is 9.53. The number of likely N-dealkylation sites (tertiary alicyclic amines) is 1. The molecular formula is C34H39N5O5. The Morgan fingerprint density at radius 2 is 1.52 bits per heavy atom. The Labute approximate surface area is 257 Å². The molecule has 1 saturated heterocycles. The fraction of sp³-hybridized carbons (Fsp3) is 0.294. The van der Waals surface area contributed by atoms with Gasteiger partial charge in [-0.15, -0.1) is 0 Å². The smallest absolute Gasteiger partial charge is 0.410 e. The molecule has 1 aliphatic heterocycles. The van der Waals surface area contributed by atoms with Crippen molar-refractivity contribution in [2.45, 2.75) is 45.4 Å². The van der Waals surface area contributed by atoms with Gasteiger partial charge in [-0.1, -0.05) is 66.7 Å². The van der Waals surface area contributed by atoms with Crippen molar-refractivity contribution in [3.63, 3.8) is 0 Å². The van der Waals surface area contributed by atoms with Gasteiger partial charge in [0.05, 0.1) is 6.54 Å². The minimum Gasteiger partial charge on any atom is -0.445 e. The molecule has 0 radical (unpaired) electrons. The zero-order valence-electron chi connectivity index (χ0n) is 25.1. The van der Waals surface area contributed by atoms with Gasteiger partial charge in [-0.25, -0.2) is 4.79 Å². The molecule has 0 unspecified atom stereocenters. The molecule has 0 aromatic heterocycles. The number of carbonyl (C=O) groups is 4. The summed E-state index contributed by atoms with van der Waals surface area (Å²) in [6, 6.07) is 23.4. The number of anilines is 2. The Hall–Kier alpha value is -4.96. The van der Waals surface area contributed by atoms with Gasteiger partial charge in [0.15, 0.2) is 0 Å². The van der Waals surface area contributed by atoms with Crippen LogP contribution in [-0.2, 0) is 25.7 Å². The lowest BCUT2D eigenvalue weighted by Crippen LogP contribution is -2.43. The van der Waals surface area contributed by atoms with Gasteiger partial charge in [-0.05, 0) is 60.7 Å². The SMILES string of the molecule is CC(=O)N(CC(=O)Nc1ccc(/C=C\c2ccc(NC(=O)[C@@H]3CCCN3C(=O)OCc3ccccc3)cc2)cc1)C[C@@H](C)N. The normalized spacial score (nSPS) is 15.1. The highest BCUT2D eigenvalue weighted by atomic mass is 16.6. The molecule has 3 aromatic rings. The van der Waals surface area contributed by atoms with Crippen LogP contribution in [0.4, 0.5) is 16.2 Å². The van der Waals surface area contributed by atoms with Gasteiger partial charge in [-0.2, -0.15) is 0 Å². The van der Waals surface area contributed by atoms with Crippen LogP contribution in [0.2, 0.25) is 0 Å². The molecular weight excluding hydrogens is 558 g/mol. The summed E-state index contributed by atoms with van der Waals surface area (Å²) >= 11 is 0. The highest BCUT2D eigenvalue weighted by Crippen LogP contribution is 2.21. The van der Waals surface area contributed by atoms with E-state index < -0.39 is 12.1 Å². The Balaban J connectivity index is 1.26. The van der Waals surface area contributed by atoms with Crippen LogP contribution < -0.4 is 16.4 Å². The number of nitrogens with zero attached hydrogens (tertiary/aromatic N) is 2. The van der Waals surface area contributed by atoms with Crippen molar-refractivity contribution < 1.29 is 23.9 Å². The minimum absolute atomic E-state index is 0.0603. The number of hydrogen-bond donors (Lipinski definition) is 3. The number of rotatable bonds is 11. The topological polar surface area (TPSA) is 134 Å². The Kier molecular flexibility index (Phi) is 11.3. The second-order valence-electron chi connectivity index (χ2n) is 10.9. The maximum absolute atomic E-state index is 13.0. The molecule has 0 spiro atoms. The number of ether oxygens (including phenoxy) is 1. The van der Waals surface area contributed by atoms with Crippen LogP contribution in [0.1, 0.15) is 43.4 Å². The standard InChI is InChI=1S/C34H39N5O5/c1-24(35)21-38(25(2)40)22-32(41)36-29-16-12-26(13-17-29)10-11-27-14-18-30(19-15-27)37-33(42)31-9-6-20-39(31)34(43)44-23-28-7-4-3-5-8-28/h3-5,7-8,10-19,24,31H,6,9,20-23,35H2,1-2H3,(H,36,41)(H,37,42)/b11-10-/t24-,31+/m1/s1. The first-order valence-electron chi connectivity index (χ1n) is 14.7. The van der Waals surface area contributed by atoms with Crippen LogP contribution in [0.25, 0.3) is 12.2 Å². The summed E-state index contributed by atoms with van der Waals surface area (Å²) in [6.45, 7) is 4.09. The van der Waals surface area contributed by atoms with Crippen molar-refractivity contribution in [3.05, 3.63) is 95.6 Å². The molecule has 10 heteroatoms. The molecule has 4 N–H and O–H groups in total. The fourth-order valence-electron chi connectivity index (χ4n) is 4.86. The highest BCUT2D eigenvalue weighted by molar-refractivity contribution is 5.97. The average molecular weight is 598 g/mol. The van der Waals surface area contributed by atoms with E-state index in [0.717, 1.165) is 23.1 Å². The van der Waals surface area contributed by atoms with E-state index in [1.807, 2.05) is 78.9 Å². The van der Waals surface area contributed by atoms with Gasteiger partial charge in [0.1, 0.15) is 12.6 Å². The van der Waals surface area contributed by atoms with Crippen LogP contribution in [0.5, 0.6) is 0 Å². The van der Waals surface area contributed by atoms with E-state index in [4.69, 9.17) is 10.5 Å². The maximum atomic E-state index is 13.0. The number of nitrogens with one attached hydrogen (secondary N) is 2. The van der Waals surface area contributed by atoms with Crippen molar-refractivity contribution in [1.29, 1.82) is 0 Å². The number of hydrogen-bond acceptors (Lipinski definition) is 6. The number of nitrogens with two attached hydrogens (primary N) is 1. The van der Waals surface area contributed by atoms with E-state index >= 15 is 0 Å². The van der Waals surface area contributed by atoms with E-state index in [1.165, 1.54) is 16.7 Å². The summed E-state index contributed by atoms with van der Waals surface area (Å²) in [5, 5.41) is 5.72. The first-order chi connectivity index (χ1) is 21.2. The van der Waals surface area contributed by atoms with E-state index in [1.54, 1.807) is 19.1 Å². The predicted octanol–water partition coefficient (Wildman–Crippen LogP) is 4.73. The van der Waals surface area contributed by atoms with Gasteiger partial charge in [-0.3, -0.25) is 19.3 Å². The van der Waals surface area contributed by atoms with E-state index in [0.29, 0.717) is 30.9 Å². The summed E-state index contributed by atoms with van der Waals surface area (Å²) in [4.78, 5) is 52.7. The Bertz CT molecular complexity index is 1460. The van der Waals surface area contributed by atoms with E-state index in [-0.39, 0.29) is 36.9 Å². The van der Waals surface area contributed by atoms with Gasteiger partial charge >= 0.3 is 6.09 Å². The van der Waals surface area contributed by atoms with E-state index in [2.05, 4.69) is 10.6 Å².